The number of nitrogens with zero attached hydrogens (tertiary/aromatic N) is 2. The number of hydrogen-bond donors (Lipinski definition) is 1. The Morgan fingerprint density at radius 2 is 2.28 bits per heavy atom. The molecule has 7 heteroatoms. The third kappa shape index (κ3) is 2.25. The van der Waals surface area contributed by atoms with Crippen LogP contribution in [0.25, 0.3) is 11.1 Å². The van der Waals surface area contributed by atoms with Crippen molar-refractivity contribution in [2.75, 3.05) is 0 Å². The molecule has 1 atom stereocenters. The van der Waals surface area contributed by atoms with Gasteiger partial charge in [-0.25, -0.2) is 4.79 Å². The number of non-ortho nitro benzene ring substituents is 1. The molecule has 2 aromatic rings. The van der Waals surface area contributed by atoms with E-state index in [1.165, 1.54) is 22.8 Å². The van der Waals surface area contributed by atoms with Gasteiger partial charge in [-0.3, -0.25) is 14.7 Å². The molecule has 0 aliphatic rings. The third-order valence-electron chi connectivity index (χ3n) is 2.63. The first-order valence-corrected chi connectivity index (χ1v) is 5.45. The summed E-state index contributed by atoms with van der Waals surface area (Å²) in [6.45, 7) is 1.86. The van der Waals surface area contributed by atoms with Gasteiger partial charge in [0.1, 0.15) is 0 Å². The van der Waals surface area contributed by atoms with Crippen molar-refractivity contribution < 1.29 is 14.4 Å². The summed E-state index contributed by atoms with van der Waals surface area (Å²) in [7, 11) is 0. The summed E-state index contributed by atoms with van der Waals surface area (Å²) >= 11 is 0. The van der Waals surface area contributed by atoms with Crippen molar-refractivity contribution in [2.24, 2.45) is 0 Å². The summed E-state index contributed by atoms with van der Waals surface area (Å²) in [5, 5.41) is 19.9. The highest BCUT2D eigenvalue weighted by Crippen LogP contribution is 2.20. The predicted molar refractivity (Wildman–Crippen MR) is 63.4 cm³/mol. The number of aromatic nitrogens is 1. The molecule has 0 spiro atoms. The van der Waals surface area contributed by atoms with Crippen LogP contribution in [-0.4, -0.2) is 20.7 Å². The van der Waals surface area contributed by atoms with Crippen LogP contribution in [0.5, 0.6) is 0 Å². The summed E-state index contributed by atoms with van der Waals surface area (Å²) in [5.74, 6) is -0.578. The lowest BCUT2D eigenvalue weighted by Crippen LogP contribution is -2.17. The van der Waals surface area contributed by atoms with Crippen LogP contribution in [0.15, 0.2) is 27.4 Å². The van der Waals surface area contributed by atoms with Gasteiger partial charge in [-0.15, -0.1) is 0 Å². The SMILES string of the molecule is CC(O)CCn1c(=O)oc2ccc([N+](=O)[O-])cc21. The molecule has 0 bridgehead atoms. The highest BCUT2D eigenvalue weighted by Gasteiger charge is 2.14. The molecule has 0 fully saturated rings. The van der Waals surface area contributed by atoms with Crippen molar-refractivity contribution in [2.45, 2.75) is 26.0 Å². The second-order valence-corrected chi connectivity index (χ2v) is 4.07. The molecule has 1 heterocycles. The first-order chi connectivity index (χ1) is 8.49. The van der Waals surface area contributed by atoms with Crippen LogP contribution < -0.4 is 5.76 Å². The lowest BCUT2D eigenvalue weighted by Gasteiger charge is -2.04. The second-order valence-electron chi connectivity index (χ2n) is 4.07. The van der Waals surface area contributed by atoms with E-state index in [0.717, 1.165) is 0 Å². The number of hydrogen-bond acceptors (Lipinski definition) is 5. The number of fused-ring (bicyclic) bond motifs is 1. The fraction of sp³-hybridized carbons (Fsp3) is 0.364. The molecule has 1 N–H and O–H groups in total. The Kier molecular flexibility index (Phi) is 3.15. The van der Waals surface area contributed by atoms with Gasteiger partial charge < -0.3 is 9.52 Å². The van der Waals surface area contributed by atoms with E-state index in [0.29, 0.717) is 17.5 Å². The summed E-state index contributed by atoms with van der Waals surface area (Å²) in [6, 6.07) is 3.97. The van der Waals surface area contributed by atoms with Gasteiger partial charge in [0, 0.05) is 18.7 Å². The molecule has 2 rings (SSSR count). The smallest absolute Gasteiger partial charge is 0.408 e. The van der Waals surface area contributed by atoms with Gasteiger partial charge >= 0.3 is 5.76 Å². The molecule has 0 saturated carbocycles. The largest absolute Gasteiger partial charge is 0.419 e. The summed E-state index contributed by atoms with van der Waals surface area (Å²) in [5.41, 5.74) is 0.570. The number of aryl methyl sites for hydroxylation is 1. The van der Waals surface area contributed by atoms with Crippen molar-refractivity contribution in [1.29, 1.82) is 0 Å². The van der Waals surface area contributed by atoms with Gasteiger partial charge in [-0.05, 0) is 19.4 Å². The minimum atomic E-state index is -0.578. The minimum absolute atomic E-state index is 0.103. The number of aliphatic hydroxyl groups excluding tert-OH is 1. The fourth-order valence-electron chi connectivity index (χ4n) is 1.69. The van der Waals surface area contributed by atoms with Gasteiger partial charge in [0.2, 0.25) is 0 Å². The van der Waals surface area contributed by atoms with Crippen LogP contribution in [-0.2, 0) is 6.54 Å². The zero-order valence-corrected chi connectivity index (χ0v) is 9.70. The number of nitro groups is 1. The van der Waals surface area contributed by atoms with Gasteiger partial charge in [0.25, 0.3) is 5.69 Å². The number of nitro benzene ring substituents is 1. The highest BCUT2D eigenvalue weighted by atomic mass is 16.6. The van der Waals surface area contributed by atoms with Crippen LogP contribution >= 0.6 is 0 Å². The van der Waals surface area contributed by atoms with E-state index >= 15 is 0 Å². The van der Waals surface area contributed by atoms with Crippen molar-refractivity contribution in [3.8, 4) is 0 Å². The van der Waals surface area contributed by atoms with E-state index in [1.54, 1.807) is 6.92 Å². The zero-order chi connectivity index (χ0) is 13.3. The average Bonchev–Trinajstić information content (AvgIpc) is 2.60. The van der Waals surface area contributed by atoms with E-state index in [-0.39, 0.29) is 12.2 Å². The average molecular weight is 252 g/mol. The highest BCUT2D eigenvalue weighted by molar-refractivity contribution is 5.75. The number of oxazole rings is 1. The van der Waals surface area contributed by atoms with Crippen molar-refractivity contribution in [3.63, 3.8) is 0 Å². The summed E-state index contributed by atoms with van der Waals surface area (Å²) in [6.07, 6.45) is -0.183. The molecule has 0 amide bonds. The number of rotatable bonds is 4. The maximum atomic E-state index is 11.6. The normalized spacial score (nSPS) is 12.8. The first kappa shape index (κ1) is 12.3. The standard InChI is InChI=1S/C11H12N2O5/c1-7(14)4-5-12-9-6-8(13(16)17)2-3-10(9)18-11(12)15/h2-3,6-7,14H,4-5H2,1H3. The monoisotopic (exact) mass is 252 g/mol. The molecule has 96 valence electrons. The van der Waals surface area contributed by atoms with E-state index in [4.69, 9.17) is 4.42 Å². The zero-order valence-electron chi connectivity index (χ0n) is 9.70. The Morgan fingerprint density at radius 1 is 1.56 bits per heavy atom. The molecular weight excluding hydrogens is 240 g/mol. The van der Waals surface area contributed by atoms with Crippen LogP contribution in [0.2, 0.25) is 0 Å². The topological polar surface area (TPSA) is 98.5 Å². The Balaban J connectivity index is 2.50. The maximum absolute atomic E-state index is 11.6. The van der Waals surface area contributed by atoms with Crippen molar-refractivity contribution >= 4 is 16.8 Å². The molecule has 0 aliphatic carbocycles. The molecule has 0 aliphatic heterocycles. The molecule has 1 unspecified atom stereocenters. The first-order valence-electron chi connectivity index (χ1n) is 5.45. The fourth-order valence-corrected chi connectivity index (χ4v) is 1.69. The Bertz CT molecular complexity index is 640. The number of benzene rings is 1. The van der Waals surface area contributed by atoms with Crippen LogP contribution in [0.1, 0.15) is 13.3 Å². The Hall–Kier alpha value is -2.15. The molecule has 0 saturated heterocycles. The lowest BCUT2D eigenvalue weighted by molar-refractivity contribution is -0.384. The molecule has 18 heavy (non-hydrogen) atoms. The van der Waals surface area contributed by atoms with E-state index in [2.05, 4.69) is 0 Å². The van der Waals surface area contributed by atoms with Crippen LogP contribution in [0.3, 0.4) is 0 Å². The molecule has 1 aromatic heterocycles. The van der Waals surface area contributed by atoms with E-state index < -0.39 is 16.8 Å². The van der Waals surface area contributed by atoms with Crippen LogP contribution in [0, 0.1) is 10.1 Å². The van der Waals surface area contributed by atoms with Crippen molar-refractivity contribution in [1.82, 2.24) is 4.57 Å². The van der Waals surface area contributed by atoms with E-state index in [9.17, 15) is 20.0 Å². The van der Waals surface area contributed by atoms with Gasteiger partial charge in [0.05, 0.1) is 16.5 Å². The van der Waals surface area contributed by atoms with Gasteiger partial charge in [-0.2, -0.15) is 0 Å². The third-order valence-corrected chi connectivity index (χ3v) is 2.63. The Labute approximate surface area is 101 Å². The molecular formula is C11H12N2O5. The second kappa shape index (κ2) is 4.61. The summed E-state index contributed by atoms with van der Waals surface area (Å²) < 4.78 is 6.26. The van der Waals surface area contributed by atoms with Crippen LogP contribution in [0.4, 0.5) is 5.69 Å². The van der Waals surface area contributed by atoms with Gasteiger partial charge in [-0.1, -0.05) is 0 Å². The summed E-state index contributed by atoms with van der Waals surface area (Å²) in [4.78, 5) is 21.7. The van der Waals surface area contributed by atoms with E-state index in [1.807, 2.05) is 0 Å². The predicted octanol–water partition coefficient (Wildman–Crippen LogP) is 1.27. The van der Waals surface area contributed by atoms with Crippen molar-refractivity contribution in [3.05, 3.63) is 38.9 Å². The quantitative estimate of drug-likeness (QED) is 0.652. The Morgan fingerprint density at radius 3 is 2.89 bits per heavy atom. The lowest BCUT2D eigenvalue weighted by atomic mass is 10.2. The molecule has 1 aromatic carbocycles. The van der Waals surface area contributed by atoms with Gasteiger partial charge in [0.15, 0.2) is 5.58 Å². The minimum Gasteiger partial charge on any atom is -0.408 e. The molecule has 7 nitrogen and oxygen atoms in total. The molecule has 0 radical (unpaired) electrons. The maximum Gasteiger partial charge on any atom is 0.419 e. The number of aliphatic hydroxyl groups is 1.